The number of aryl methyl sites for hydroxylation is 1. The molecule has 138 valence electrons. The molecule has 0 saturated heterocycles. The zero-order valence-electron chi connectivity index (χ0n) is 14.9. The lowest BCUT2D eigenvalue weighted by Gasteiger charge is -2.05. The molecule has 26 heavy (non-hydrogen) atoms. The normalized spacial score (nSPS) is 10.9. The third kappa shape index (κ3) is 4.54. The van der Waals surface area contributed by atoms with Gasteiger partial charge in [-0.05, 0) is 18.6 Å². The average molecular weight is 376 g/mol. The molecule has 0 fully saturated rings. The second kappa shape index (κ2) is 8.70. The van der Waals surface area contributed by atoms with Crippen LogP contribution >= 0.6 is 11.8 Å². The number of aromatic nitrogens is 4. The Balaban J connectivity index is 1.65. The fourth-order valence-corrected chi connectivity index (χ4v) is 2.83. The monoisotopic (exact) mass is 376 g/mol. The highest BCUT2D eigenvalue weighted by molar-refractivity contribution is 7.98. The highest BCUT2D eigenvalue weighted by Crippen LogP contribution is 2.31. The SMILES string of the molecule is CCCCc1nc(CSc2nnc(-c3cc(OC)cc(OC)c3)o2)no1. The van der Waals surface area contributed by atoms with Crippen LogP contribution < -0.4 is 9.47 Å². The average Bonchev–Trinajstić information content (AvgIpc) is 3.33. The van der Waals surface area contributed by atoms with Crippen molar-refractivity contribution in [1.29, 1.82) is 0 Å². The largest absolute Gasteiger partial charge is 0.497 e. The minimum absolute atomic E-state index is 0.390. The molecule has 3 aromatic rings. The molecule has 0 saturated carbocycles. The van der Waals surface area contributed by atoms with Gasteiger partial charge in [0.05, 0.1) is 20.0 Å². The van der Waals surface area contributed by atoms with Gasteiger partial charge >= 0.3 is 0 Å². The third-order valence-electron chi connectivity index (χ3n) is 3.58. The first-order valence-corrected chi connectivity index (χ1v) is 9.21. The lowest BCUT2D eigenvalue weighted by atomic mass is 10.2. The van der Waals surface area contributed by atoms with E-state index >= 15 is 0 Å². The highest BCUT2D eigenvalue weighted by atomic mass is 32.2. The van der Waals surface area contributed by atoms with Crippen molar-refractivity contribution in [2.75, 3.05) is 14.2 Å². The van der Waals surface area contributed by atoms with E-state index < -0.39 is 0 Å². The van der Waals surface area contributed by atoms with E-state index in [1.54, 1.807) is 20.3 Å². The molecular weight excluding hydrogens is 356 g/mol. The molecule has 0 spiro atoms. The van der Waals surface area contributed by atoms with Gasteiger partial charge in [0.15, 0.2) is 5.82 Å². The van der Waals surface area contributed by atoms with Gasteiger partial charge in [-0.25, -0.2) is 0 Å². The van der Waals surface area contributed by atoms with Crippen LogP contribution in [0.25, 0.3) is 11.5 Å². The van der Waals surface area contributed by atoms with Crippen LogP contribution in [0.5, 0.6) is 11.5 Å². The molecule has 9 heteroatoms. The van der Waals surface area contributed by atoms with Gasteiger partial charge in [0.25, 0.3) is 5.22 Å². The van der Waals surface area contributed by atoms with E-state index in [-0.39, 0.29) is 0 Å². The van der Waals surface area contributed by atoms with Crippen molar-refractivity contribution >= 4 is 11.8 Å². The summed E-state index contributed by atoms with van der Waals surface area (Å²) in [6.07, 6.45) is 2.93. The number of benzene rings is 1. The van der Waals surface area contributed by atoms with Crippen molar-refractivity contribution in [3.05, 3.63) is 29.9 Å². The van der Waals surface area contributed by atoms with Crippen LogP contribution in [-0.2, 0) is 12.2 Å². The van der Waals surface area contributed by atoms with Crippen LogP contribution in [0.3, 0.4) is 0 Å². The number of thioether (sulfide) groups is 1. The Hall–Kier alpha value is -2.55. The van der Waals surface area contributed by atoms with Crippen LogP contribution in [0, 0.1) is 0 Å². The second-order valence-corrected chi connectivity index (χ2v) is 6.40. The Kier molecular flexibility index (Phi) is 6.11. The van der Waals surface area contributed by atoms with Gasteiger partial charge in [-0.1, -0.05) is 30.3 Å². The standard InChI is InChI=1S/C17H20N4O4S/c1-4-5-6-15-18-14(21-25-15)10-26-17-20-19-16(24-17)11-7-12(22-2)9-13(8-11)23-3/h7-9H,4-6,10H2,1-3H3. The van der Waals surface area contributed by atoms with Crippen LogP contribution in [0.15, 0.2) is 32.4 Å². The number of hydrogen-bond acceptors (Lipinski definition) is 9. The van der Waals surface area contributed by atoms with Crippen LogP contribution in [-0.4, -0.2) is 34.6 Å². The number of unbranched alkanes of at least 4 members (excludes halogenated alkanes) is 1. The summed E-state index contributed by atoms with van der Waals surface area (Å²) < 4.78 is 21.4. The van der Waals surface area contributed by atoms with E-state index in [9.17, 15) is 0 Å². The number of methoxy groups -OCH3 is 2. The lowest BCUT2D eigenvalue weighted by molar-refractivity contribution is 0.371. The molecule has 0 N–H and O–H groups in total. The number of rotatable bonds is 9. The van der Waals surface area contributed by atoms with E-state index in [1.807, 2.05) is 12.1 Å². The molecule has 0 atom stereocenters. The minimum atomic E-state index is 0.390. The van der Waals surface area contributed by atoms with Crippen LogP contribution in [0.2, 0.25) is 0 Å². The summed E-state index contributed by atoms with van der Waals surface area (Å²) in [5.41, 5.74) is 0.724. The molecule has 0 aliphatic heterocycles. The van der Waals surface area contributed by atoms with Gasteiger partial charge in [-0.3, -0.25) is 0 Å². The molecule has 0 amide bonds. The fraction of sp³-hybridized carbons (Fsp3) is 0.412. The zero-order chi connectivity index (χ0) is 18.4. The van der Waals surface area contributed by atoms with Gasteiger partial charge in [0, 0.05) is 18.1 Å². The predicted molar refractivity (Wildman–Crippen MR) is 95.3 cm³/mol. The summed E-state index contributed by atoms with van der Waals surface area (Å²) in [6.45, 7) is 2.12. The lowest BCUT2D eigenvalue weighted by Crippen LogP contribution is -1.88. The maximum atomic E-state index is 5.71. The summed E-state index contributed by atoms with van der Waals surface area (Å²) in [6, 6.07) is 5.40. The quantitative estimate of drug-likeness (QED) is 0.517. The van der Waals surface area contributed by atoms with Crippen molar-refractivity contribution in [1.82, 2.24) is 20.3 Å². The first-order valence-electron chi connectivity index (χ1n) is 8.23. The Labute approximate surface area is 155 Å². The maximum absolute atomic E-state index is 5.71. The van der Waals surface area contributed by atoms with Crippen LogP contribution in [0.4, 0.5) is 0 Å². The fourth-order valence-electron chi connectivity index (χ4n) is 2.22. The molecule has 3 rings (SSSR count). The topological polar surface area (TPSA) is 96.3 Å². The smallest absolute Gasteiger partial charge is 0.277 e. The second-order valence-electron chi connectivity index (χ2n) is 5.47. The molecule has 0 unspecified atom stereocenters. The molecule has 0 aliphatic carbocycles. The Morgan fingerprint density at radius 2 is 1.85 bits per heavy atom. The predicted octanol–water partition coefficient (Wildman–Crippen LogP) is 3.77. The first kappa shape index (κ1) is 18.2. The van der Waals surface area contributed by atoms with E-state index in [0.717, 1.165) is 24.8 Å². The molecule has 1 aromatic carbocycles. The first-order chi connectivity index (χ1) is 12.7. The number of hydrogen-bond donors (Lipinski definition) is 0. The van der Waals surface area contributed by atoms with E-state index in [1.165, 1.54) is 11.8 Å². The molecule has 0 bridgehead atoms. The maximum Gasteiger partial charge on any atom is 0.277 e. The summed E-state index contributed by atoms with van der Waals surface area (Å²) in [7, 11) is 3.18. The van der Waals surface area contributed by atoms with Crippen molar-refractivity contribution < 1.29 is 18.4 Å². The third-order valence-corrected chi connectivity index (χ3v) is 4.40. The number of ether oxygens (including phenoxy) is 2. The summed E-state index contributed by atoms with van der Waals surface area (Å²) in [5, 5.41) is 12.5. The van der Waals surface area contributed by atoms with Gasteiger partial charge in [0.1, 0.15) is 11.5 Å². The molecule has 0 aliphatic rings. The van der Waals surface area contributed by atoms with Crippen LogP contribution in [0.1, 0.15) is 31.5 Å². The Morgan fingerprint density at radius 1 is 1.08 bits per heavy atom. The minimum Gasteiger partial charge on any atom is -0.497 e. The van der Waals surface area contributed by atoms with E-state index in [4.69, 9.17) is 18.4 Å². The number of nitrogens with zero attached hydrogens (tertiary/aromatic N) is 4. The van der Waals surface area contributed by atoms with E-state index in [2.05, 4.69) is 27.3 Å². The van der Waals surface area contributed by atoms with Crippen molar-refractivity contribution in [2.45, 2.75) is 37.2 Å². The summed E-state index contributed by atoms with van der Waals surface area (Å²) in [4.78, 5) is 4.35. The Bertz CT molecular complexity index is 827. The van der Waals surface area contributed by atoms with Crippen molar-refractivity contribution in [2.24, 2.45) is 0 Å². The Morgan fingerprint density at radius 3 is 2.54 bits per heavy atom. The summed E-state index contributed by atoms with van der Waals surface area (Å²) >= 11 is 1.36. The molecule has 2 heterocycles. The highest BCUT2D eigenvalue weighted by Gasteiger charge is 2.14. The molecular formula is C17H20N4O4S. The molecule has 0 radical (unpaired) electrons. The van der Waals surface area contributed by atoms with E-state index in [0.29, 0.717) is 40.1 Å². The molecule has 2 aromatic heterocycles. The zero-order valence-corrected chi connectivity index (χ0v) is 15.7. The van der Waals surface area contributed by atoms with Gasteiger partial charge in [0.2, 0.25) is 11.8 Å². The van der Waals surface area contributed by atoms with Gasteiger partial charge < -0.3 is 18.4 Å². The van der Waals surface area contributed by atoms with Gasteiger partial charge in [-0.2, -0.15) is 4.98 Å². The van der Waals surface area contributed by atoms with Crippen molar-refractivity contribution in [3.8, 4) is 23.0 Å². The van der Waals surface area contributed by atoms with Gasteiger partial charge in [-0.15, -0.1) is 10.2 Å². The molecule has 8 nitrogen and oxygen atoms in total. The van der Waals surface area contributed by atoms with Crippen molar-refractivity contribution in [3.63, 3.8) is 0 Å². The summed E-state index contributed by atoms with van der Waals surface area (Å²) in [5.74, 6) is 3.47.